The third-order valence-electron chi connectivity index (χ3n) is 1.50. The van der Waals surface area contributed by atoms with Crippen LogP contribution in [0.5, 0.6) is 5.88 Å². The SMILES string of the molecule is C#CC(C)Oc1ncnc(Cl)c1C. The fraction of sp³-hybridized carbons (Fsp3) is 0.333. The molecule has 1 atom stereocenters. The third-order valence-corrected chi connectivity index (χ3v) is 1.88. The van der Waals surface area contributed by atoms with Gasteiger partial charge in [0, 0.05) is 5.56 Å². The second-order valence-electron chi connectivity index (χ2n) is 2.52. The highest BCUT2D eigenvalue weighted by Crippen LogP contribution is 2.20. The molecule has 0 aliphatic heterocycles. The Hall–Kier alpha value is -1.27. The van der Waals surface area contributed by atoms with Gasteiger partial charge in [-0.05, 0) is 13.8 Å². The summed E-state index contributed by atoms with van der Waals surface area (Å²) >= 11 is 5.76. The van der Waals surface area contributed by atoms with Crippen LogP contribution in [0.2, 0.25) is 5.15 Å². The smallest absolute Gasteiger partial charge is 0.222 e. The van der Waals surface area contributed by atoms with Gasteiger partial charge in [0.25, 0.3) is 0 Å². The number of nitrogens with zero attached hydrogens (tertiary/aromatic N) is 2. The Morgan fingerprint density at radius 2 is 2.31 bits per heavy atom. The van der Waals surface area contributed by atoms with Crippen LogP contribution in [0, 0.1) is 19.3 Å². The van der Waals surface area contributed by atoms with E-state index in [2.05, 4.69) is 15.9 Å². The Bertz CT molecular complexity index is 346. The standard InChI is InChI=1S/C9H9ClN2O/c1-4-6(2)13-9-7(3)8(10)11-5-12-9/h1,5-6H,2-3H3. The Labute approximate surface area is 82.1 Å². The lowest BCUT2D eigenvalue weighted by molar-refractivity contribution is 0.265. The summed E-state index contributed by atoms with van der Waals surface area (Å²) < 4.78 is 5.30. The van der Waals surface area contributed by atoms with E-state index in [1.807, 2.05) is 0 Å². The molecule has 0 spiro atoms. The van der Waals surface area contributed by atoms with Gasteiger partial charge in [-0.15, -0.1) is 6.42 Å². The number of halogens is 1. The first kappa shape index (κ1) is 9.82. The van der Waals surface area contributed by atoms with Crippen LogP contribution < -0.4 is 4.74 Å². The topological polar surface area (TPSA) is 35.0 Å². The van der Waals surface area contributed by atoms with Crippen molar-refractivity contribution in [1.29, 1.82) is 0 Å². The van der Waals surface area contributed by atoms with Crippen molar-refractivity contribution in [1.82, 2.24) is 9.97 Å². The fourth-order valence-electron chi connectivity index (χ4n) is 0.734. The van der Waals surface area contributed by atoms with Crippen molar-refractivity contribution in [2.24, 2.45) is 0 Å². The molecule has 0 saturated heterocycles. The van der Waals surface area contributed by atoms with Gasteiger partial charge in [-0.3, -0.25) is 0 Å². The van der Waals surface area contributed by atoms with Crippen LogP contribution in [-0.4, -0.2) is 16.1 Å². The maximum atomic E-state index is 5.76. The number of aromatic nitrogens is 2. The summed E-state index contributed by atoms with van der Waals surface area (Å²) in [5, 5.41) is 0.384. The highest BCUT2D eigenvalue weighted by molar-refractivity contribution is 6.30. The molecule has 0 saturated carbocycles. The molecule has 1 aromatic heterocycles. The number of rotatable bonds is 2. The van der Waals surface area contributed by atoms with Crippen LogP contribution >= 0.6 is 11.6 Å². The number of hydrogen-bond donors (Lipinski definition) is 0. The molecular weight excluding hydrogens is 188 g/mol. The van der Waals surface area contributed by atoms with E-state index in [-0.39, 0.29) is 6.10 Å². The van der Waals surface area contributed by atoms with Gasteiger partial charge in [0.1, 0.15) is 11.5 Å². The Morgan fingerprint density at radius 3 is 2.92 bits per heavy atom. The van der Waals surface area contributed by atoms with Crippen LogP contribution in [0.3, 0.4) is 0 Å². The van der Waals surface area contributed by atoms with Crippen LogP contribution in [0.25, 0.3) is 0 Å². The minimum Gasteiger partial charge on any atom is -0.461 e. The molecule has 1 heterocycles. The van der Waals surface area contributed by atoms with E-state index in [0.29, 0.717) is 16.6 Å². The average Bonchev–Trinajstić information content (AvgIpc) is 2.13. The van der Waals surface area contributed by atoms with E-state index in [1.165, 1.54) is 6.33 Å². The predicted molar refractivity (Wildman–Crippen MR) is 50.7 cm³/mol. The Morgan fingerprint density at radius 1 is 1.62 bits per heavy atom. The molecule has 0 aliphatic rings. The minimum atomic E-state index is -0.315. The molecule has 1 aromatic rings. The zero-order valence-corrected chi connectivity index (χ0v) is 8.17. The molecule has 0 aromatic carbocycles. The fourth-order valence-corrected chi connectivity index (χ4v) is 0.859. The number of terminal acetylenes is 1. The van der Waals surface area contributed by atoms with Gasteiger partial charge in [0.15, 0.2) is 6.10 Å². The zero-order chi connectivity index (χ0) is 9.84. The summed E-state index contributed by atoms with van der Waals surface area (Å²) in [7, 11) is 0. The molecule has 13 heavy (non-hydrogen) atoms. The van der Waals surface area contributed by atoms with E-state index in [9.17, 15) is 0 Å². The lowest BCUT2D eigenvalue weighted by Crippen LogP contribution is -2.10. The normalized spacial score (nSPS) is 11.8. The monoisotopic (exact) mass is 196 g/mol. The van der Waals surface area contributed by atoms with Crippen LogP contribution in [-0.2, 0) is 0 Å². The molecule has 1 unspecified atom stereocenters. The van der Waals surface area contributed by atoms with Crippen molar-refractivity contribution in [3.8, 4) is 18.2 Å². The second-order valence-corrected chi connectivity index (χ2v) is 2.88. The largest absolute Gasteiger partial charge is 0.461 e. The molecule has 0 fully saturated rings. The van der Waals surface area contributed by atoms with Gasteiger partial charge in [-0.1, -0.05) is 17.5 Å². The highest BCUT2D eigenvalue weighted by atomic mass is 35.5. The van der Waals surface area contributed by atoms with Gasteiger partial charge in [-0.25, -0.2) is 9.97 Å². The van der Waals surface area contributed by atoms with Crippen molar-refractivity contribution < 1.29 is 4.74 Å². The van der Waals surface area contributed by atoms with Gasteiger partial charge in [0.2, 0.25) is 5.88 Å². The highest BCUT2D eigenvalue weighted by Gasteiger charge is 2.07. The molecule has 0 bridgehead atoms. The van der Waals surface area contributed by atoms with Crippen LogP contribution in [0.1, 0.15) is 12.5 Å². The molecular formula is C9H9ClN2O. The second kappa shape index (κ2) is 4.11. The van der Waals surface area contributed by atoms with E-state index in [4.69, 9.17) is 22.8 Å². The zero-order valence-electron chi connectivity index (χ0n) is 7.41. The summed E-state index contributed by atoms with van der Waals surface area (Å²) in [6, 6.07) is 0. The first-order valence-electron chi connectivity index (χ1n) is 3.75. The number of hydrogen-bond acceptors (Lipinski definition) is 3. The van der Waals surface area contributed by atoms with E-state index < -0.39 is 0 Å². The van der Waals surface area contributed by atoms with Gasteiger partial charge in [-0.2, -0.15) is 0 Å². The third kappa shape index (κ3) is 2.33. The Kier molecular flexibility index (Phi) is 3.10. The van der Waals surface area contributed by atoms with Crippen molar-refractivity contribution in [2.75, 3.05) is 0 Å². The summed E-state index contributed by atoms with van der Waals surface area (Å²) in [5.74, 6) is 2.87. The van der Waals surface area contributed by atoms with Gasteiger partial charge in [0.05, 0.1) is 0 Å². The van der Waals surface area contributed by atoms with E-state index in [0.717, 1.165) is 0 Å². The molecule has 0 aliphatic carbocycles. The summed E-state index contributed by atoms with van der Waals surface area (Å²) in [4.78, 5) is 7.71. The minimum absolute atomic E-state index is 0.315. The van der Waals surface area contributed by atoms with E-state index >= 15 is 0 Å². The maximum absolute atomic E-state index is 5.76. The van der Waals surface area contributed by atoms with E-state index in [1.54, 1.807) is 13.8 Å². The molecule has 4 heteroatoms. The maximum Gasteiger partial charge on any atom is 0.222 e. The summed E-state index contributed by atoms with van der Waals surface area (Å²) in [5.41, 5.74) is 0.700. The Balaban J connectivity index is 2.90. The van der Waals surface area contributed by atoms with Crippen molar-refractivity contribution in [3.05, 3.63) is 17.0 Å². The molecule has 0 radical (unpaired) electrons. The molecule has 1 rings (SSSR count). The van der Waals surface area contributed by atoms with Crippen molar-refractivity contribution in [3.63, 3.8) is 0 Å². The average molecular weight is 197 g/mol. The van der Waals surface area contributed by atoms with Crippen molar-refractivity contribution >= 4 is 11.6 Å². The van der Waals surface area contributed by atoms with Crippen LogP contribution in [0.4, 0.5) is 0 Å². The summed E-state index contributed by atoms with van der Waals surface area (Å²) in [6.45, 7) is 3.54. The molecule has 0 amide bonds. The van der Waals surface area contributed by atoms with Gasteiger partial charge < -0.3 is 4.74 Å². The molecule has 3 nitrogen and oxygen atoms in total. The lowest BCUT2D eigenvalue weighted by atomic mass is 10.3. The van der Waals surface area contributed by atoms with Gasteiger partial charge >= 0.3 is 0 Å². The predicted octanol–water partition coefficient (Wildman–Crippen LogP) is 1.84. The summed E-state index contributed by atoms with van der Waals surface area (Å²) in [6.07, 6.45) is 6.18. The molecule has 68 valence electrons. The number of ether oxygens (including phenoxy) is 1. The first-order valence-corrected chi connectivity index (χ1v) is 4.13. The quantitative estimate of drug-likeness (QED) is 0.535. The molecule has 0 N–H and O–H groups in total. The first-order chi connectivity index (χ1) is 6.15. The van der Waals surface area contributed by atoms with Crippen LogP contribution in [0.15, 0.2) is 6.33 Å². The lowest BCUT2D eigenvalue weighted by Gasteiger charge is -2.09. The van der Waals surface area contributed by atoms with Crippen molar-refractivity contribution in [2.45, 2.75) is 20.0 Å².